The molecule has 0 saturated heterocycles. The topological polar surface area (TPSA) is 70.4 Å². The molecule has 0 aliphatic rings. The summed E-state index contributed by atoms with van der Waals surface area (Å²) in [6.07, 6.45) is 0.175. The number of sulfonamides is 1. The first-order valence-electron chi connectivity index (χ1n) is 5.02. The maximum absolute atomic E-state index is 12.2. The molecule has 1 aromatic heterocycles. The van der Waals surface area contributed by atoms with Crippen molar-refractivity contribution in [3.8, 4) is 6.07 Å². The summed E-state index contributed by atoms with van der Waals surface area (Å²) >= 11 is 1.17. The maximum atomic E-state index is 12.2. The molecule has 0 unspecified atom stereocenters. The molecule has 0 N–H and O–H groups in total. The molecule has 0 aliphatic carbocycles. The Hall–Kier alpha value is -0.940. The zero-order chi connectivity index (χ0) is 12.7. The first-order valence-corrected chi connectivity index (χ1v) is 7.34. The Morgan fingerprint density at radius 3 is 2.82 bits per heavy atom. The van der Waals surface area contributed by atoms with Crippen molar-refractivity contribution in [3.05, 3.63) is 17.5 Å². The van der Waals surface area contributed by atoms with Crippen molar-refractivity contribution >= 4 is 21.4 Å². The minimum Gasteiger partial charge on any atom is -0.383 e. The van der Waals surface area contributed by atoms with Gasteiger partial charge in [-0.25, -0.2) is 8.42 Å². The van der Waals surface area contributed by atoms with E-state index >= 15 is 0 Å². The smallest absolute Gasteiger partial charge is 0.252 e. The minimum atomic E-state index is -3.48. The van der Waals surface area contributed by atoms with E-state index in [0.717, 1.165) is 0 Å². The van der Waals surface area contributed by atoms with Gasteiger partial charge >= 0.3 is 0 Å². The van der Waals surface area contributed by atoms with E-state index in [4.69, 9.17) is 10.00 Å². The highest BCUT2D eigenvalue weighted by Gasteiger charge is 2.24. The Morgan fingerprint density at radius 1 is 1.53 bits per heavy atom. The van der Waals surface area contributed by atoms with Crippen LogP contribution in [0.25, 0.3) is 0 Å². The number of nitrogens with zero attached hydrogens (tertiary/aromatic N) is 2. The van der Waals surface area contributed by atoms with E-state index in [0.29, 0.717) is 10.8 Å². The van der Waals surface area contributed by atoms with E-state index in [-0.39, 0.29) is 19.5 Å². The summed E-state index contributed by atoms with van der Waals surface area (Å²) in [4.78, 5) is 0. The summed E-state index contributed by atoms with van der Waals surface area (Å²) in [6.45, 7) is 0.772. The van der Waals surface area contributed by atoms with Crippen molar-refractivity contribution in [2.24, 2.45) is 0 Å². The van der Waals surface area contributed by atoms with Gasteiger partial charge in [-0.1, -0.05) is 6.07 Å². The lowest BCUT2D eigenvalue weighted by Gasteiger charge is -2.19. The first-order chi connectivity index (χ1) is 8.12. The van der Waals surface area contributed by atoms with Crippen LogP contribution in [0.15, 0.2) is 21.7 Å². The zero-order valence-corrected chi connectivity index (χ0v) is 11.1. The Labute approximate surface area is 105 Å². The lowest BCUT2D eigenvalue weighted by atomic mass is 10.4. The summed E-state index contributed by atoms with van der Waals surface area (Å²) in [5, 5.41) is 10.3. The molecular weight excluding hydrogens is 260 g/mol. The second kappa shape index (κ2) is 6.71. The monoisotopic (exact) mass is 274 g/mol. The first kappa shape index (κ1) is 14.1. The van der Waals surface area contributed by atoms with Crippen LogP contribution in [-0.4, -0.2) is 39.5 Å². The molecule has 94 valence electrons. The summed E-state index contributed by atoms with van der Waals surface area (Å²) in [6, 6.07) is 5.20. The average Bonchev–Trinajstić information content (AvgIpc) is 2.83. The van der Waals surface area contributed by atoms with Gasteiger partial charge in [0.2, 0.25) is 0 Å². The second-order valence-electron chi connectivity index (χ2n) is 3.24. The number of hydrogen-bond donors (Lipinski definition) is 0. The number of hydrogen-bond acceptors (Lipinski definition) is 5. The molecule has 5 nitrogen and oxygen atoms in total. The van der Waals surface area contributed by atoms with E-state index in [1.165, 1.54) is 22.8 Å². The van der Waals surface area contributed by atoms with Gasteiger partial charge in [-0.2, -0.15) is 9.57 Å². The van der Waals surface area contributed by atoms with Gasteiger partial charge in [0.25, 0.3) is 10.0 Å². The molecule has 0 spiro atoms. The lowest BCUT2D eigenvalue weighted by Crippen LogP contribution is -2.34. The average molecular weight is 274 g/mol. The number of nitriles is 1. The summed E-state index contributed by atoms with van der Waals surface area (Å²) in [5.74, 6) is 0. The maximum Gasteiger partial charge on any atom is 0.252 e. The molecule has 0 aliphatic heterocycles. The van der Waals surface area contributed by atoms with Crippen molar-refractivity contribution in [1.82, 2.24) is 4.31 Å². The highest BCUT2D eigenvalue weighted by molar-refractivity contribution is 7.91. The van der Waals surface area contributed by atoms with Crippen molar-refractivity contribution < 1.29 is 13.2 Å². The Kier molecular flexibility index (Phi) is 5.58. The van der Waals surface area contributed by atoms with Gasteiger partial charge in [0.15, 0.2) is 0 Å². The van der Waals surface area contributed by atoms with Crippen LogP contribution in [0.5, 0.6) is 0 Å². The molecule has 0 amide bonds. The van der Waals surface area contributed by atoms with Gasteiger partial charge in [0.05, 0.1) is 12.7 Å². The van der Waals surface area contributed by atoms with Crippen molar-refractivity contribution in [2.75, 3.05) is 26.8 Å². The lowest BCUT2D eigenvalue weighted by molar-refractivity contribution is 0.179. The molecule has 17 heavy (non-hydrogen) atoms. The number of rotatable bonds is 7. The van der Waals surface area contributed by atoms with Crippen molar-refractivity contribution in [1.29, 1.82) is 5.26 Å². The van der Waals surface area contributed by atoms with Crippen LogP contribution in [0.3, 0.4) is 0 Å². The Balaban J connectivity index is 2.85. The molecule has 0 aromatic carbocycles. The third-order valence-corrected chi connectivity index (χ3v) is 5.38. The second-order valence-corrected chi connectivity index (χ2v) is 6.35. The van der Waals surface area contributed by atoms with Crippen LogP contribution in [0.4, 0.5) is 0 Å². The fraction of sp³-hybridized carbons (Fsp3) is 0.500. The quantitative estimate of drug-likeness (QED) is 0.751. The number of methoxy groups -OCH3 is 1. The minimum absolute atomic E-state index is 0.175. The third-order valence-electron chi connectivity index (χ3n) is 2.11. The van der Waals surface area contributed by atoms with Gasteiger partial charge in [-0.3, -0.25) is 0 Å². The molecular formula is C10H14N2O3S2. The van der Waals surface area contributed by atoms with E-state index in [9.17, 15) is 8.42 Å². The zero-order valence-electron chi connectivity index (χ0n) is 9.50. The predicted molar refractivity (Wildman–Crippen MR) is 65.2 cm³/mol. The SMILES string of the molecule is COCCN(CCC#N)S(=O)(=O)c1cccs1. The van der Waals surface area contributed by atoms with Gasteiger partial charge in [0, 0.05) is 26.6 Å². The van der Waals surface area contributed by atoms with Crippen LogP contribution in [-0.2, 0) is 14.8 Å². The molecule has 0 radical (unpaired) electrons. The van der Waals surface area contributed by atoms with E-state index in [2.05, 4.69) is 0 Å². The normalized spacial score (nSPS) is 11.6. The largest absolute Gasteiger partial charge is 0.383 e. The van der Waals surface area contributed by atoms with E-state index in [1.54, 1.807) is 17.5 Å². The fourth-order valence-electron chi connectivity index (χ4n) is 1.26. The van der Waals surface area contributed by atoms with Gasteiger partial charge in [-0.05, 0) is 11.4 Å². The molecule has 1 rings (SSSR count). The van der Waals surface area contributed by atoms with Gasteiger partial charge in [0.1, 0.15) is 4.21 Å². The van der Waals surface area contributed by atoms with Gasteiger partial charge < -0.3 is 4.74 Å². The highest BCUT2D eigenvalue weighted by atomic mass is 32.2. The van der Waals surface area contributed by atoms with E-state index < -0.39 is 10.0 Å². The molecule has 0 saturated carbocycles. The molecule has 1 aromatic rings. The Morgan fingerprint density at radius 2 is 2.29 bits per heavy atom. The third kappa shape index (κ3) is 3.78. The van der Waals surface area contributed by atoms with Crippen LogP contribution in [0.2, 0.25) is 0 Å². The number of ether oxygens (including phenoxy) is 1. The summed E-state index contributed by atoms with van der Waals surface area (Å²) in [7, 11) is -1.97. The molecule has 7 heteroatoms. The van der Waals surface area contributed by atoms with Crippen molar-refractivity contribution in [2.45, 2.75) is 10.6 Å². The molecule has 1 heterocycles. The molecule has 0 atom stereocenters. The van der Waals surface area contributed by atoms with E-state index in [1.807, 2.05) is 6.07 Å². The van der Waals surface area contributed by atoms with Crippen LogP contribution < -0.4 is 0 Å². The standard InChI is InChI=1S/C10H14N2O3S2/c1-15-8-7-12(6-3-5-11)17(13,14)10-4-2-9-16-10/h2,4,9H,3,6-8H2,1H3. The van der Waals surface area contributed by atoms with Crippen LogP contribution >= 0.6 is 11.3 Å². The summed E-state index contributed by atoms with van der Waals surface area (Å²) in [5.41, 5.74) is 0. The Bertz CT molecular complexity index is 462. The predicted octanol–water partition coefficient (Wildman–Crippen LogP) is 1.30. The highest BCUT2D eigenvalue weighted by Crippen LogP contribution is 2.20. The summed E-state index contributed by atoms with van der Waals surface area (Å²) < 4.78 is 30.8. The fourth-order valence-corrected chi connectivity index (χ4v) is 3.83. The number of thiophene rings is 1. The molecule has 0 bridgehead atoms. The van der Waals surface area contributed by atoms with Crippen LogP contribution in [0.1, 0.15) is 6.42 Å². The van der Waals surface area contributed by atoms with Gasteiger partial charge in [-0.15, -0.1) is 11.3 Å². The van der Waals surface area contributed by atoms with Crippen LogP contribution in [0, 0.1) is 11.3 Å². The van der Waals surface area contributed by atoms with Crippen molar-refractivity contribution in [3.63, 3.8) is 0 Å². The molecule has 0 fully saturated rings.